The van der Waals surface area contributed by atoms with Gasteiger partial charge in [-0.1, -0.05) is 0 Å². The fraction of sp³-hybridized carbons (Fsp3) is 0.538. The Morgan fingerprint density at radius 1 is 1.25 bits per heavy atom. The lowest BCUT2D eigenvalue weighted by Gasteiger charge is -2.15. The fourth-order valence-corrected chi connectivity index (χ4v) is 2.01. The van der Waals surface area contributed by atoms with Gasteiger partial charge in [-0.3, -0.25) is 9.59 Å². The molecule has 108 valence electrons. The van der Waals surface area contributed by atoms with Gasteiger partial charge in [-0.05, 0) is 25.0 Å². The monoisotopic (exact) mass is 277 g/mol. The first-order chi connectivity index (χ1) is 9.58. The van der Waals surface area contributed by atoms with E-state index in [4.69, 9.17) is 0 Å². The van der Waals surface area contributed by atoms with Crippen molar-refractivity contribution in [2.45, 2.75) is 12.8 Å². The minimum absolute atomic E-state index is 0.0674. The Morgan fingerprint density at radius 2 is 1.95 bits per heavy atom. The number of likely N-dealkylation sites (tertiary alicyclic amines) is 1. The SMILES string of the molecule is CN(C)C(=O)c1ccc(NCC(=O)N2CCCC2)nn1. The number of hydrogen-bond acceptors (Lipinski definition) is 5. The molecule has 1 aromatic rings. The largest absolute Gasteiger partial charge is 0.360 e. The van der Waals surface area contributed by atoms with Gasteiger partial charge in [0.2, 0.25) is 5.91 Å². The lowest BCUT2D eigenvalue weighted by Crippen LogP contribution is -2.33. The van der Waals surface area contributed by atoms with Crippen molar-refractivity contribution in [2.75, 3.05) is 39.0 Å². The summed E-state index contributed by atoms with van der Waals surface area (Å²) in [5, 5.41) is 10.7. The first kappa shape index (κ1) is 14.2. The van der Waals surface area contributed by atoms with Gasteiger partial charge in [0.05, 0.1) is 6.54 Å². The van der Waals surface area contributed by atoms with E-state index in [0.717, 1.165) is 25.9 Å². The van der Waals surface area contributed by atoms with E-state index in [1.165, 1.54) is 4.90 Å². The third kappa shape index (κ3) is 3.43. The van der Waals surface area contributed by atoms with Crippen LogP contribution < -0.4 is 5.32 Å². The topological polar surface area (TPSA) is 78.4 Å². The first-order valence-corrected chi connectivity index (χ1v) is 6.65. The van der Waals surface area contributed by atoms with E-state index in [1.54, 1.807) is 26.2 Å². The smallest absolute Gasteiger partial charge is 0.273 e. The molecule has 1 saturated heterocycles. The molecule has 0 aromatic carbocycles. The lowest BCUT2D eigenvalue weighted by atomic mass is 10.3. The molecule has 0 radical (unpaired) electrons. The number of anilines is 1. The van der Waals surface area contributed by atoms with Crippen molar-refractivity contribution < 1.29 is 9.59 Å². The van der Waals surface area contributed by atoms with E-state index in [9.17, 15) is 9.59 Å². The summed E-state index contributed by atoms with van der Waals surface area (Å²) in [7, 11) is 3.32. The number of nitrogens with one attached hydrogen (secondary N) is 1. The Kier molecular flexibility index (Phi) is 4.49. The van der Waals surface area contributed by atoms with Crippen molar-refractivity contribution in [3.63, 3.8) is 0 Å². The standard InChI is InChI=1S/C13H19N5O2/c1-17(2)13(20)10-5-6-11(16-15-10)14-9-12(19)18-7-3-4-8-18/h5-6H,3-4,7-9H2,1-2H3,(H,14,16). The average molecular weight is 277 g/mol. The molecule has 2 heterocycles. The van der Waals surface area contributed by atoms with Crippen molar-refractivity contribution in [1.29, 1.82) is 0 Å². The molecule has 20 heavy (non-hydrogen) atoms. The Labute approximate surface area is 118 Å². The van der Waals surface area contributed by atoms with Crippen molar-refractivity contribution >= 4 is 17.6 Å². The Hall–Kier alpha value is -2.18. The van der Waals surface area contributed by atoms with Crippen LogP contribution in [0.25, 0.3) is 0 Å². The van der Waals surface area contributed by atoms with Crippen LogP contribution in [0, 0.1) is 0 Å². The third-order valence-corrected chi connectivity index (χ3v) is 3.17. The number of nitrogens with zero attached hydrogens (tertiary/aromatic N) is 4. The second kappa shape index (κ2) is 6.31. The van der Waals surface area contributed by atoms with E-state index >= 15 is 0 Å². The zero-order valence-corrected chi connectivity index (χ0v) is 11.8. The van der Waals surface area contributed by atoms with E-state index in [-0.39, 0.29) is 24.1 Å². The molecule has 0 bridgehead atoms. The lowest BCUT2D eigenvalue weighted by molar-refractivity contribution is -0.128. The molecule has 1 aromatic heterocycles. The van der Waals surface area contributed by atoms with Crippen LogP contribution in [0.15, 0.2) is 12.1 Å². The Bertz CT molecular complexity index is 480. The number of carbonyl (C=O) groups excluding carboxylic acids is 2. The van der Waals surface area contributed by atoms with Gasteiger partial charge >= 0.3 is 0 Å². The molecule has 1 aliphatic rings. The van der Waals surface area contributed by atoms with Gasteiger partial charge in [-0.2, -0.15) is 0 Å². The van der Waals surface area contributed by atoms with Crippen LogP contribution in [0.1, 0.15) is 23.3 Å². The quantitative estimate of drug-likeness (QED) is 0.851. The van der Waals surface area contributed by atoms with E-state index < -0.39 is 0 Å². The summed E-state index contributed by atoms with van der Waals surface area (Å²) in [6.07, 6.45) is 2.15. The van der Waals surface area contributed by atoms with Gasteiger partial charge in [0.15, 0.2) is 5.69 Å². The second-order valence-electron chi connectivity index (χ2n) is 4.94. The molecular formula is C13H19N5O2. The minimum Gasteiger partial charge on any atom is -0.360 e. The van der Waals surface area contributed by atoms with Crippen molar-refractivity contribution in [1.82, 2.24) is 20.0 Å². The molecule has 2 rings (SSSR count). The zero-order chi connectivity index (χ0) is 14.5. The van der Waals surface area contributed by atoms with E-state index in [0.29, 0.717) is 5.82 Å². The van der Waals surface area contributed by atoms with Crippen LogP contribution in [0.5, 0.6) is 0 Å². The predicted octanol–water partition coefficient (Wildman–Crippen LogP) is 0.213. The summed E-state index contributed by atoms with van der Waals surface area (Å²) < 4.78 is 0. The van der Waals surface area contributed by atoms with E-state index in [1.807, 2.05) is 4.90 Å². The van der Waals surface area contributed by atoms with Gasteiger partial charge in [0, 0.05) is 27.2 Å². The van der Waals surface area contributed by atoms with Crippen LogP contribution in [0.4, 0.5) is 5.82 Å². The van der Waals surface area contributed by atoms with Crippen LogP contribution in [0.2, 0.25) is 0 Å². The Morgan fingerprint density at radius 3 is 2.50 bits per heavy atom. The summed E-state index contributed by atoms with van der Waals surface area (Å²) in [5.74, 6) is 0.364. The first-order valence-electron chi connectivity index (χ1n) is 6.65. The Balaban J connectivity index is 1.87. The predicted molar refractivity (Wildman–Crippen MR) is 74.4 cm³/mol. The molecule has 1 aliphatic heterocycles. The summed E-state index contributed by atoms with van der Waals surface area (Å²) in [5.41, 5.74) is 0.284. The number of rotatable bonds is 4. The van der Waals surface area contributed by atoms with E-state index in [2.05, 4.69) is 15.5 Å². The normalized spacial score (nSPS) is 14.2. The van der Waals surface area contributed by atoms with Crippen molar-refractivity contribution in [3.8, 4) is 0 Å². The molecule has 0 atom stereocenters. The molecule has 1 N–H and O–H groups in total. The van der Waals surface area contributed by atoms with Gasteiger partial charge in [-0.15, -0.1) is 10.2 Å². The molecule has 0 unspecified atom stereocenters. The molecule has 0 aliphatic carbocycles. The third-order valence-electron chi connectivity index (χ3n) is 3.17. The summed E-state index contributed by atoms with van der Waals surface area (Å²) in [6, 6.07) is 3.25. The highest BCUT2D eigenvalue weighted by atomic mass is 16.2. The number of hydrogen-bond donors (Lipinski definition) is 1. The molecule has 0 spiro atoms. The molecule has 2 amide bonds. The molecule has 0 saturated carbocycles. The van der Waals surface area contributed by atoms with Crippen LogP contribution >= 0.6 is 0 Å². The fourth-order valence-electron chi connectivity index (χ4n) is 2.01. The minimum atomic E-state index is -0.197. The van der Waals surface area contributed by atoms with Crippen molar-refractivity contribution in [3.05, 3.63) is 17.8 Å². The summed E-state index contributed by atoms with van der Waals surface area (Å²) in [4.78, 5) is 26.8. The van der Waals surface area contributed by atoms with Gasteiger partial charge in [0.25, 0.3) is 5.91 Å². The molecule has 7 heteroatoms. The number of carbonyl (C=O) groups is 2. The van der Waals surface area contributed by atoms with Crippen LogP contribution in [-0.2, 0) is 4.79 Å². The summed E-state index contributed by atoms with van der Waals surface area (Å²) in [6.45, 7) is 1.88. The molecular weight excluding hydrogens is 258 g/mol. The number of aromatic nitrogens is 2. The highest BCUT2D eigenvalue weighted by molar-refractivity contribution is 5.91. The maximum atomic E-state index is 11.8. The average Bonchev–Trinajstić information content (AvgIpc) is 2.98. The van der Waals surface area contributed by atoms with Crippen molar-refractivity contribution in [2.24, 2.45) is 0 Å². The maximum absolute atomic E-state index is 11.8. The van der Waals surface area contributed by atoms with Gasteiger partial charge < -0.3 is 15.1 Å². The summed E-state index contributed by atoms with van der Waals surface area (Å²) >= 11 is 0. The highest BCUT2D eigenvalue weighted by Gasteiger charge is 2.17. The number of amides is 2. The molecule has 1 fully saturated rings. The van der Waals surface area contributed by atoms with Crippen LogP contribution in [0.3, 0.4) is 0 Å². The van der Waals surface area contributed by atoms with Crippen LogP contribution in [-0.4, -0.2) is 65.5 Å². The molecule has 7 nitrogen and oxygen atoms in total. The maximum Gasteiger partial charge on any atom is 0.273 e. The second-order valence-corrected chi connectivity index (χ2v) is 4.94. The highest BCUT2D eigenvalue weighted by Crippen LogP contribution is 2.08. The zero-order valence-electron chi connectivity index (χ0n) is 11.8. The van der Waals surface area contributed by atoms with Gasteiger partial charge in [-0.25, -0.2) is 0 Å². The van der Waals surface area contributed by atoms with Gasteiger partial charge in [0.1, 0.15) is 5.82 Å².